The molecule has 0 spiro atoms. The first-order chi connectivity index (χ1) is 14.2. The lowest BCUT2D eigenvalue weighted by Gasteiger charge is -2.15. The molecule has 0 heterocycles. The average Bonchev–Trinajstić information content (AvgIpc) is 2.75. The van der Waals surface area contributed by atoms with Crippen molar-refractivity contribution in [2.75, 3.05) is 13.2 Å². The second kappa shape index (κ2) is 10.6. The van der Waals surface area contributed by atoms with E-state index in [1.165, 1.54) is 17.7 Å². The molecule has 0 aliphatic heterocycles. The van der Waals surface area contributed by atoms with Crippen LogP contribution in [0.1, 0.15) is 23.6 Å². The third kappa shape index (κ3) is 6.29. The van der Waals surface area contributed by atoms with Crippen LogP contribution < -0.4 is 14.8 Å². The molecule has 5 heteroatoms. The predicted octanol–water partition coefficient (Wildman–Crippen LogP) is 5.31. The molecular weight excluding hydrogens is 385 g/mol. The van der Waals surface area contributed by atoms with Crippen molar-refractivity contribution in [2.45, 2.75) is 20.0 Å². The van der Waals surface area contributed by atoms with Gasteiger partial charge in [0.15, 0.2) is 11.5 Å². The predicted molar refractivity (Wildman–Crippen MR) is 118 cm³/mol. The van der Waals surface area contributed by atoms with Crippen LogP contribution in [0.25, 0.3) is 0 Å². The Bertz CT molecular complexity index is 929. The van der Waals surface area contributed by atoms with E-state index in [9.17, 15) is 4.39 Å². The van der Waals surface area contributed by atoms with Gasteiger partial charge in [0.2, 0.25) is 0 Å². The Morgan fingerprint density at radius 1 is 0.897 bits per heavy atom. The quantitative estimate of drug-likeness (QED) is 0.485. The van der Waals surface area contributed by atoms with Crippen LogP contribution in [0, 0.1) is 5.82 Å². The Morgan fingerprint density at radius 3 is 2.38 bits per heavy atom. The minimum Gasteiger partial charge on any atom is -0.490 e. The summed E-state index contributed by atoms with van der Waals surface area (Å²) in [4.78, 5) is 0.673. The van der Waals surface area contributed by atoms with Gasteiger partial charge in [-0.15, -0.1) is 0 Å². The van der Waals surface area contributed by atoms with E-state index in [1.807, 2.05) is 43.3 Å². The molecule has 0 atom stereocenters. The summed E-state index contributed by atoms with van der Waals surface area (Å²) in [6.07, 6.45) is 0.901. The van der Waals surface area contributed by atoms with Crippen molar-refractivity contribution in [3.63, 3.8) is 0 Å². The van der Waals surface area contributed by atoms with Gasteiger partial charge in [-0.05, 0) is 54.8 Å². The van der Waals surface area contributed by atoms with E-state index in [0.717, 1.165) is 24.1 Å². The number of hydrogen-bond acceptors (Lipinski definition) is 3. The summed E-state index contributed by atoms with van der Waals surface area (Å²) >= 11 is 5.53. The minimum absolute atomic E-state index is 0.263. The third-order valence-electron chi connectivity index (χ3n) is 4.36. The number of ether oxygens (including phenoxy) is 2. The summed E-state index contributed by atoms with van der Waals surface area (Å²) in [5.41, 5.74) is 3.03. The highest BCUT2D eigenvalue weighted by molar-refractivity contribution is 7.80. The molecule has 0 unspecified atom stereocenters. The SMILES string of the molecule is CCOc1cc(C(=S)NCCc2ccccc2)ccc1OCc1ccc(F)cc1. The van der Waals surface area contributed by atoms with Crippen LogP contribution in [0.4, 0.5) is 4.39 Å². The summed E-state index contributed by atoms with van der Waals surface area (Å²) in [6.45, 7) is 3.53. The fraction of sp³-hybridized carbons (Fsp3) is 0.208. The van der Waals surface area contributed by atoms with Crippen LogP contribution in [-0.2, 0) is 13.0 Å². The lowest BCUT2D eigenvalue weighted by Crippen LogP contribution is -2.24. The van der Waals surface area contributed by atoms with E-state index in [1.54, 1.807) is 12.1 Å². The number of hydrogen-bond donors (Lipinski definition) is 1. The van der Waals surface area contributed by atoms with Crippen LogP contribution in [0.5, 0.6) is 11.5 Å². The number of rotatable bonds is 9. The summed E-state index contributed by atoms with van der Waals surface area (Å²) in [5.74, 6) is 1.01. The van der Waals surface area contributed by atoms with Gasteiger partial charge in [-0.25, -0.2) is 4.39 Å². The Morgan fingerprint density at radius 2 is 1.66 bits per heavy atom. The smallest absolute Gasteiger partial charge is 0.161 e. The highest BCUT2D eigenvalue weighted by Gasteiger charge is 2.10. The van der Waals surface area contributed by atoms with Gasteiger partial charge >= 0.3 is 0 Å². The topological polar surface area (TPSA) is 30.5 Å². The van der Waals surface area contributed by atoms with Gasteiger partial charge in [-0.1, -0.05) is 54.7 Å². The van der Waals surface area contributed by atoms with Gasteiger partial charge in [-0.3, -0.25) is 0 Å². The monoisotopic (exact) mass is 409 g/mol. The highest BCUT2D eigenvalue weighted by atomic mass is 32.1. The van der Waals surface area contributed by atoms with Gasteiger partial charge in [0, 0.05) is 12.1 Å². The van der Waals surface area contributed by atoms with Gasteiger partial charge in [0.1, 0.15) is 17.4 Å². The maximum atomic E-state index is 13.0. The van der Waals surface area contributed by atoms with Crippen molar-refractivity contribution >= 4 is 17.2 Å². The normalized spacial score (nSPS) is 10.4. The molecule has 0 fully saturated rings. The summed E-state index contributed by atoms with van der Waals surface area (Å²) in [5, 5.41) is 3.30. The van der Waals surface area contributed by atoms with Gasteiger partial charge in [-0.2, -0.15) is 0 Å². The average molecular weight is 410 g/mol. The molecule has 0 aromatic heterocycles. The summed E-state index contributed by atoms with van der Waals surface area (Å²) in [6, 6.07) is 22.2. The molecule has 0 aliphatic rings. The van der Waals surface area contributed by atoms with Crippen LogP contribution in [-0.4, -0.2) is 18.1 Å². The minimum atomic E-state index is -0.263. The van der Waals surface area contributed by atoms with E-state index in [4.69, 9.17) is 21.7 Å². The molecule has 0 saturated heterocycles. The first-order valence-electron chi connectivity index (χ1n) is 9.62. The zero-order chi connectivity index (χ0) is 20.5. The first kappa shape index (κ1) is 20.8. The molecule has 0 aliphatic carbocycles. The van der Waals surface area contributed by atoms with Crippen LogP contribution in [0.15, 0.2) is 72.8 Å². The van der Waals surface area contributed by atoms with Crippen LogP contribution in [0.3, 0.4) is 0 Å². The Hall–Kier alpha value is -2.92. The van der Waals surface area contributed by atoms with Crippen molar-refractivity contribution in [1.82, 2.24) is 5.32 Å². The molecule has 3 aromatic rings. The number of thiocarbonyl (C=S) groups is 1. The summed E-state index contributed by atoms with van der Waals surface area (Å²) < 4.78 is 24.7. The third-order valence-corrected chi connectivity index (χ3v) is 4.74. The molecule has 0 saturated carbocycles. The van der Waals surface area contributed by atoms with E-state index < -0.39 is 0 Å². The van der Waals surface area contributed by atoms with Crippen molar-refractivity contribution in [2.24, 2.45) is 0 Å². The highest BCUT2D eigenvalue weighted by Crippen LogP contribution is 2.29. The molecule has 1 N–H and O–H groups in total. The number of benzene rings is 3. The fourth-order valence-electron chi connectivity index (χ4n) is 2.85. The van der Waals surface area contributed by atoms with E-state index >= 15 is 0 Å². The largest absolute Gasteiger partial charge is 0.490 e. The summed E-state index contributed by atoms with van der Waals surface area (Å²) in [7, 11) is 0. The van der Waals surface area contributed by atoms with E-state index in [-0.39, 0.29) is 5.82 Å². The lowest BCUT2D eigenvalue weighted by atomic mass is 10.1. The Balaban J connectivity index is 1.61. The maximum absolute atomic E-state index is 13.0. The van der Waals surface area contributed by atoms with Gasteiger partial charge in [0.05, 0.1) is 6.61 Å². The second-order valence-electron chi connectivity index (χ2n) is 6.50. The van der Waals surface area contributed by atoms with Crippen molar-refractivity contribution in [1.29, 1.82) is 0 Å². The maximum Gasteiger partial charge on any atom is 0.161 e. The molecule has 3 aromatic carbocycles. The molecule has 3 rings (SSSR count). The van der Waals surface area contributed by atoms with Crippen LogP contribution in [0.2, 0.25) is 0 Å². The molecule has 0 bridgehead atoms. The number of nitrogens with one attached hydrogen (secondary N) is 1. The standard InChI is InChI=1S/C24H24FNO2S/c1-2-27-23-16-20(24(29)26-15-14-18-6-4-3-5-7-18)10-13-22(23)28-17-19-8-11-21(25)12-9-19/h3-13,16H,2,14-15,17H2,1H3,(H,26,29). The Labute approximate surface area is 176 Å². The molecule has 0 radical (unpaired) electrons. The zero-order valence-electron chi connectivity index (χ0n) is 16.4. The fourth-order valence-corrected chi connectivity index (χ4v) is 3.07. The van der Waals surface area contributed by atoms with E-state index in [0.29, 0.717) is 29.7 Å². The van der Waals surface area contributed by atoms with Gasteiger partial charge < -0.3 is 14.8 Å². The van der Waals surface area contributed by atoms with Crippen molar-refractivity contribution < 1.29 is 13.9 Å². The zero-order valence-corrected chi connectivity index (χ0v) is 17.2. The second-order valence-corrected chi connectivity index (χ2v) is 6.91. The Kier molecular flexibility index (Phi) is 7.59. The molecule has 0 amide bonds. The van der Waals surface area contributed by atoms with Crippen molar-refractivity contribution in [3.8, 4) is 11.5 Å². The van der Waals surface area contributed by atoms with Gasteiger partial charge in [0.25, 0.3) is 0 Å². The number of halogens is 1. The molecule has 150 valence electrons. The van der Waals surface area contributed by atoms with E-state index in [2.05, 4.69) is 17.4 Å². The van der Waals surface area contributed by atoms with Crippen molar-refractivity contribution in [3.05, 3.63) is 95.3 Å². The molecular formula is C24H24FNO2S. The van der Waals surface area contributed by atoms with Crippen LogP contribution >= 0.6 is 12.2 Å². The molecule has 29 heavy (non-hydrogen) atoms. The lowest BCUT2D eigenvalue weighted by molar-refractivity contribution is 0.269. The molecule has 3 nitrogen and oxygen atoms in total. The first-order valence-corrected chi connectivity index (χ1v) is 10.0.